The van der Waals surface area contributed by atoms with E-state index in [0.717, 1.165) is 13.0 Å². The van der Waals surface area contributed by atoms with Crippen LogP contribution in [0.3, 0.4) is 0 Å². The Balaban J connectivity index is 2.79. The molecule has 0 amide bonds. The van der Waals surface area contributed by atoms with Crippen molar-refractivity contribution in [3.05, 3.63) is 35.5 Å². The van der Waals surface area contributed by atoms with Crippen LogP contribution in [0.1, 0.15) is 6.42 Å². The van der Waals surface area contributed by atoms with Crippen LogP contribution in [0.4, 0.5) is 0 Å². The highest BCUT2D eigenvalue weighted by atomic mass is 16.1. The zero-order valence-corrected chi connectivity index (χ0v) is 6.66. The first-order valence-electron chi connectivity index (χ1n) is 3.58. The van der Waals surface area contributed by atoms with Crippen molar-refractivity contribution in [2.75, 3.05) is 0 Å². The Hall–Kier alpha value is -1.25. The van der Waals surface area contributed by atoms with Crippen molar-refractivity contribution in [3.63, 3.8) is 0 Å². The molecule has 0 atom stereocenters. The van der Waals surface area contributed by atoms with Gasteiger partial charge in [0.2, 0.25) is 0 Å². The summed E-state index contributed by atoms with van der Waals surface area (Å²) in [6.45, 7) is 4.32. The fourth-order valence-electron chi connectivity index (χ4n) is 0.911. The van der Waals surface area contributed by atoms with Gasteiger partial charge in [-0.1, -0.05) is 6.08 Å². The van der Waals surface area contributed by atoms with E-state index in [9.17, 15) is 4.79 Å². The van der Waals surface area contributed by atoms with Gasteiger partial charge in [-0.3, -0.25) is 4.57 Å². The third-order valence-corrected chi connectivity index (χ3v) is 1.59. The molecule has 0 fully saturated rings. The predicted octanol–water partition coefficient (Wildman–Crippen LogP) is 0.763. The molecule has 1 rings (SSSR count). The third kappa shape index (κ3) is 1.61. The van der Waals surface area contributed by atoms with Crippen LogP contribution in [0.2, 0.25) is 0 Å². The van der Waals surface area contributed by atoms with Gasteiger partial charge in [-0.05, 0) is 6.42 Å². The molecule has 0 radical (unpaired) electrons. The lowest BCUT2D eigenvalue weighted by molar-refractivity contribution is 0.659. The minimum atomic E-state index is 0.0341. The molecule has 0 aliphatic heterocycles. The van der Waals surface area contributed by atoms with Gasteiger partial charge in [0, 0.05) is 26.0 Å². The average Bonchev–Trinajstić information content (AvgIpc) is 2.31. The van der Waals surface area contributed by atoms with Gasteiger partial charge < -0.3 is 4.57 Å². The van der Waals surface area contributed by atoms with Crippen LogP contribution in [-0.4, -0.2) is 9.13 Å². The highest BCUT2D eigenvalue weighted by molar-refractivity contribution is 4.80. The molecule has 0 bridgehead atoms. The van der Waals surface area contributed by atoms with Gasteiger partial charge in [0.15, 0.2) is 0 Å². The largest absolute Gasteiger partial charge is 0.327 e. The van der Waals surface area contributed by atoms with Crippen LogP contribution in [0.5, 0.6) is 0 Å². The Morgan fingerprint density at radius 3 is 2.82 bits per heavy atom. The molecule has 0 unspecified atom stereocenters. The molecule has 1 heterocycles. The van der Waals surface area contributed by atoms with Gasteiger partial charge in [0.1, 0.15) is 0 Å². The van der Waals surface area contributed by atoms with E-state index >= 15 is 0 Å². The molecular formula is C8H12N2O. The number of nitrogens with zero attached hydrogens (tertiary/aromatic N) is 2. The molecular weight excluding hydrogens is 140 g/mol. The molecule has 0 aliphatic carbocycles. The lowest BCUT2D eigenvalue weighted by atomic mass is 10.4. The third-order valence-electron chi connectivity index (χ3n) is 1.59. The van der Waals surface area contributed by atoms with Crippen molar-refractivity contribution in [3.8, 4) is 0 Å². The maximum atomic E-state index is 11.2. The molecule has 11 heavy (non-hydrogen) atoms. The fourth-order valence-corrected chi connectivity index (χ4v) is 0.911. The summed E-state index contributed by atoms with van der Waals surface area (Å²) in [5, 5.41) is 0. The molecule has 0 saturated heterocycles. The summed E-state index contributed by atoms with van der Waals surface area (Å²) in [5.41, 5.74) is 0.0341. The van der Waals surface area contributed by atoms with E-state index in [0.29, 0.717) is 0 Å². The number of aryl methyl sites for hydroxylation is 2. The molecule has 0 spiro atoms. The first-order valence-corrected chi connectivity index (χ1v) is 3.58. The minimum Gasteiger partial charge on any atom is -0.302 e. The summed E-state index contributed by atoms with van der Waals surface area (Å²) >= 11 is 0. The molecule has 60 valence electrons. The van der Waals surface area contributed by atoms with E-state index in [1.807, 2.05) is 0 Å². The van der Waals surface area contributed by atoms with Crippen molar-refractivity contribution in [1.29, 1.82) is 0 Å². The average molecular weight is 152 g/mol. The second-order valence-electron chi connectivity index (χ2n) is 2.46. The number of imidazole rings is 1. The molecule has 3 heteroatoms. The Kier molecular flexibility index (Phi) is 2.31. The summed E-state index contributed by atoms with van der Waals surface area (Å²) in [6, 6.07) is 0. The summed E-state index contributed by atoms with van der Waals surface area (Å²) in [6.07, 6.45) is 6.18. The maximum Gasteiger partial charge on any atom is 0.327 e. The zero-order chi connectivity index (χ0) is 8.27. The topological polar surface area (TPSA) is 26.9 Å². The van der Waals surface area contributed by atoms with E-state index in [1.54, 1.807) is 34.7 Å². The van der Waals surface area contributed by atoms with Gasteiger partial charge in [0.05, 0.1) is 0 Å². The normalized spacial score (nSPS) is 9.91. The van der Waals surface area contributed by atoms with E-state index in [1.165, 1.54) is 0 Å². The Morgan fingerprint density at radius 1 is 1.64 bits per heavy atom. The number of aromatic nitrogens is 2. The van der Waals surface area contributed by atoms with Gasteiger partial charge in [-0.25, -0.2) is 4.79 Å². The van der Waals surface area contributed by atoms with E-state index < -0.39 is 0 Å². The van der Waals surface area contributed by atoms with Crippen molar-refractivity contribution >= 4 is 0 Å². The molecule has 0 N–H and O–H groups in total. The SMILES string of the molecule is C=CCCn1ccn(C)c1=O. The number of allylic oxidation sites excluding steroid dienone is 1. The Morgan fingerprint density at radius 2 is 2.36 bits per heavy atom. The van der Waals surface area contributed by atoms with Crippen LogP contribution in [0, 0.1) is 0 Å². The van der Waals surface area contributed by atoms with Crippen molar-refractivity contribution < 1.29 is 0 Å². The molecule has 1 aromatic heterocycles. The van der Waals surface area contributed by atoms with Crippen LogP contribution < -0.4 is 5.69 Å². The number of hydrogen-bond donors (Lipinski definition) is 0. The van der Waals surface area contributed by atoms with Crippen LogP contribution in [0.15, 0.2) is 29.8 Å². The van der Waals surface area contributed by atoms with Crippen LogP contribution in [-0.2, 0) is 13.6 Å². The van der Waals surface area contributed by atoms with Crippen molar-refractivity contribution in [2.45, 2.75) is 13.0 Å². The maximum absolute atomic E-state index is 11.2. The highest BCUT2D eigenvalue weighted by Gasteiger charge is 1.95. The Bertz CT molecular complexity index is 295. The minimum absolute atomic E-state index is 0.0341. The number of rotatable bonds is 3. The second-order valence-corrected chi connectivity index (χ2v) is 2.46. The zero-order valence-electron chi connectivity index (χ0n) is 6.66. The fraction of sp³-hybridized carbons (Fsp3) is 0.375. The first kappa shape index (κ1) is 7.85. The van der Waals surface area contributed by atoms with Crippen molar-refractivity contribution in [2.24, 2.45) is 7.05 Å². The van der Waals surface area contributed by atoms with Gasteiger partial charge >= 0.3 is 5.69 Å². The summed E-state index contributed by atoms with van der Waals surface area (Å²) in [4.78, 5) is 11.2. The smallest absolute Gasteiger partial charge is 0.302 e. The van der Waals surface area contributed by atoms with E-state index in [-0.39, 0.29) is 5.69 Å². The van der Waals surface area contributed by atoms with E-state index in [4.69, 9.17) is 0 Å². The summed E-state index contributed by atoms with van der Waals surface area (Å²) in [7, 11) is 1.74. The van der Waals surface area contributed by atoms with Crippen LogP contribution in [0.25, 0.3) is 0 Å². The van der Waals surface area contributed by atoms with Crippen LogP contribution >= 0.6 is 0 Å². The lowest BCUT2D eigenvalue weighted by Gasteiger charge is -1.94. The standard InChI is InChI=1S/C8H12N2O/c1-3-4-5-10-7-6-9(2)8(10)11/h3,6-7H,1,4-5H2,2H3. The molecule has 0 aromatic carbocycles. The first-order chi connectivity index (χ1) is 5.25. The van der Waals surface area contributed by atoms with Gasteiger partial charge in [-0.15, -0.1) is 6.58 Å². The molecule has 1 aromatic rings. The number of hydrogen-bond acceptors (Lipinski definition) is 1. The second kappa shape index (κ2) is 3.23. The monoisotopic (exact) mass is 152 g/mol. The Labute approximate surface area is 65.6 Å². The molecule has 0 saturated carbocycles. The van der Waals surface area contributed by atoms with Gasteiger partial charge in [0.25, 0.3) is 0 Å². The van der Waals surface area contributed by atoms with Gasteiger partial charge in [-0.2, -0.15) is 0 Å². The quantitative estimate of drug-likeness (QED) is 0.587. The summed E-state index contributed by atoms with van der Waals surface area (Å²) < 4.78 is 3.23. The van der Waals surface area contributed by atoms with Crippen molar-refractivity contribution in [1.82, 2.24) is 9.13 Å². The summed E-state index contributed by atoms with van der Waals surface area (Å²) in [5.74, 6) is 0. The lowest BCUT2D eigenvalue weighted by Crippen LogP contribution is -2.21. The molecule has 0 aliphatic rings. The predicted molar refractivity (Wildman–Crippen MR) is 44.5 cm³/mol. The highest BCUT2D eigenvalue weighted by Crippen LogP contribution is 1.87. The molecule has 3 nitrogen and oxygen atoms in total. The van der Waals surface area contributed by atoms with E-state index in [2.05, 4.69) is 6.58 Å².